The Morgan fingerprint density at radius 3 is 2.62 bits per heavy atom. The summed E-state index contributed by atoms with van der Waals surface area (Å²) in [6.07, 6.45) is 1.14. The van der Waals surface area contributed by atoms with Gasteiger partial charge < -0.3 is 5.32 Å². The molecule has 0 aliphatic rings. The molecule has 0 bridgehead atoms. The van der Waals surface area contributed by atoms with Gasteiger partial charge in [-0.1, -0.05) is 20.8 Å². The van der Waals surface area contributed by atoms with Crippen molar-refractivity contribution in [3.63, 3.8) is 0 Å². The van der Waals surface area contributed by atoms with Crippen molar-refractivity contribution in [2.75, 3.05) is 6.54 Å². The molecule has 1 aromatic heterocycles. The first kappa shape index (κ1) is 16.9. The van der Waals surface area contributed by atoms with Gasteiger partial charge in [-0.15, -0.1) is 11.3 Å². The second kappa shape index (κ2) is 7.70. The smallest absolute Gasteiger partial charge is 0.124 e. The fourth-order valence-corrected chi connectivity index (χ4v) is 4.57. The van der Waals surface area contributed by atoms with E-state index in [1.807, 2.05) is 6.07 Å². The Bertz CT molecular complexity index is 594. The molecule has 1 unspecified atom stereocenters. The van der Waals surface area contributed by atoms with E-state index in [9.17, 15) is 4.39 Å². The van der Waals surface area contributed by atoms with Gasteiger partial charge in [0.05, 0.1) is 0 Å². The van der Waals surface area contributed by atoms with Gasteiger partial charge in [-0.05, 0) is 71.8 Å². The van der Waals surface area contributed by atoms with E-state index in [4.69, 9.17) is 0 Å². The molecule has 0 aliphatic carbocycles. The van der Waals surface area contributed by atoms with Crippen molar-refractivity contribution in [1.29, 1.82) is 0 Å². The number of nitrogens with one attached hydrogen (secondary N) is 1. The van der Waals surface area contributed by atoms with E-state index < -0.39 is 0 Å². The molecule has 0 aliphatic heterocycles. The minimum absolute atomic E-state index is 0.176. The predicted octanol–water partition coefficient (Wildman–Crippen LogP) is 5.86. The van der Waals surface area contributed by atoms with Crippen molar-refractivity contribution in [2.45, 2.75) is 33.2 Å². The molecule has 2 rings (SSSR count). The van der Waals surface area contributed by atoms with Gasteiger partial charge in [0.15, 0.2) is 0 Å². The Labute approximate surface area is 144 Å². The van der Waals surface area contributed by atoms with Crippen molar-refractivity contribution in [1.82, 2.24) is 5.32 Å². The fourth-order valence-electron chi connectivity index (χ4n) is 2.32. The molecule has 0 radical (unpaired) electrons. The van der Waals surface area contributed by atoms with Crippen LogP contribution in [0.5, 0.6) is 0 Å². The summed E-state index contributed by atoms with van der Waals surface area (Å²) in [7, 11) is 0. The predicted molar refractivity (Wildman–Crippen MR) is 98.3 cm³/mol. The average Bonchev–Trinajstić information content (AvgIpc) is 2.88. The molecular formula is C17H21FINS. The zero-order valence-electron chi connectivity index (χ0n) is 12.6. The summed E-state index contributed by atoms with van der Waals surface area (Å²) in [6.45, 7) is 7.71. The topological polar surface area (TPSA) is 12.0 Å². The van der Waals surface area contributed by atoms with Gasteiger partial charge in [0, 0.05) is 24.9 Å². The van der Waals surface area contributed by atoms with Crippen LogP contribution in [0.15, 0.2) is 30.3 Å². The minimum atomic E-state index is -0.176. The molecule has 1 N–H and O–H groups in total. The van der Waals surface area contributed by atoms with E-state index in [1.165, 1.54) is 15.8 Å². The number of hydrogen-bond acceptors (Lipinski definition) is 2. The third-order valence-corrected chi connectivity index (χ3v) is 5.50. The van der Waals surface area contributed by atoms with Crippen LogP contribution in [0.4, 0.5) is 4.39 Å². The molecule has 4 heteroatoms. The van der Waals surface area contributed by atoms with Crippen LogP contribution in [-0.4, -0.2) is 6.54 Å². The van der Waals surface area contributed by atoms with Crippen LogP contribution in [0.25, 0.3) is 10.4 Å². The molecule has 0 fully saturated rings. The second-order valence-corrected chi connectivity index (χ2v) is 7.78. The normalized spacial score (nSPS) is 12.9. The number of benzene rings is 1. The summed E-state index contributed by atoms with van der Waals surface area (Å²) in [5.41, 5.74) is 1.12. The van der Waals surface area contributed by atoms with Crippen molar-refractivity contribution in [3.8, 4) is 10.4 Å². The third kappa shape index (κ3) is 4.27. The third-order valence-electron chi connectivity index (χ3n) is 3.41. The van der Waals surface area contributed by atoms with Gasteiger partial charge >= 0.3 is 0 Å². The summed E-state index contributed by atoms with van der Waals surface area (Å²) in [5.74, 6) is 0.375. The van der Waals surface area contributed by atoms with Gasteiger partial charge in [0.1, 0.15) is 5.82 Å². The van der Waals surface area contributed by atoms with Gasteiger partial charge in [0.25, 0.3) is 0 Å². The maximum absolute atomic E-state index is 13.2. The standard InChI is InChI=1S/C17H21FINS/c1-4-9-20-17(11(2)3)16-8-7-15(21-16)13-6-5-12(18)10-14(13)19/h5-8,10-11,17,20H,4,9H2,1-3H3. The van der Waals surface area contributed by atoms with Crippen LogP contribution in [-0.2, 0) is 0 Å². The molecule has 1 aromatic carbocycles. The number of rotatable bonds is 6. The molecule has 1 nitrogen and oxygen atoms in total. The Balaban J connectivity index is 2.27. The molecule has 21 heavy (non-hydrogen) atoms. The minimum Gasteiger partial charge on any atom is -0.309 e. The number of thiophene rings is 1. The van der Waals surface area contributed by atoms with Crippen LogP contribution in [0.2, 0.25) is 0 Å². The van der Waals surface area contributed by atoms with Crippen LogP contribution in [0.3, 0.4) is 0 Å². The van der Waals surface area contributed by atoms with Crippen molar-refractivity contribution >= 4 is 33.9 Å². The van der Waals surface area contributed by atoms with Crippen LogP contribution >= 0.6 is 33.9 Å². The monoisotopic (exact) mass is 417 g/mol. The van der Waals surface area contributed by atoms with E-state index in [0.29, 0.717) is 12.0 Å². The molecule has 2 aromatic rings. The zero-order chi connectivity index (χ0) is 15.4. The lowest BCUT2D eigenvalue weighted by Crippen LogP contribution is -2.25. The van der Waals surface area contributed by atoms with E-state index in [-0.39, 0.29) is 5.82 Å². The summed E-state index contributed by atoms with van der Waals surface area (Å²) < 4.78 is 14.2. The van der Waals surface area contributed by atoms with Gasteiger partial charge in [0.2, 0.25) is 0 Å². The molecule has 0 saturated carbocycles. The summed E-state index contributed by atoms with van der Waals surface area (Å²) in [4.78, 5) is 2.56. The highest BCUT2D eigenvalue weighted by molar-refractivity contribution is 14.1. The summed E-state index contributed by atoms with van der Waals surface area (Å²) in [6, 6.07) is 9.74. The van der Waals surface area contributed by atoms with Gasteiger partial charge in [-0.25, -0.2) is 4.39 Å². The van der Waals surface area contributed by atoms with Crippen LogP contribution in [0.1, 0.15) is 38.1 Å². The van der Waals surface area contributed by atoms with E-state index in [2.05, 4.69) is 60.8 Å². The highest BCUT2D eigenvalue weighted by Gasteiger charge is 2.18. The molecule has 0 saturated heterocycles. The summed E-state index contributed by atoms with van der Waals surface area (Å²) >= 11 is 4.01. The Kier molecular flexibility index (Phi) is 6.20. The van der Waals surface area contributed by atoms with Crippen molar-refractivity contribution in [3.05, 3.63) is 44.6 Å². The van der Waals surface area contributed by atoms with Crippen molar-refractivity contribution < 1.29 is 4.39 Å². The van der Waals surface area contributed by atoms with Crippen LogP contribution in [0, 0.1) is 15.3 Å². The number of halogens is 2. The van der Waals surface area contributed by atoms with Crippen molar-refractivity contribution in [2.24, 2.45) is 5.92 Å². The lowest BCUT2D eigenvalue weighted by Gasteiger charge is -2.21. The molecule has 0 spiro atoms. The Morgan fingerprint density at radius 1 is 1.24 bits per heavy atom. The maximum atomic E-state index is 13.2. The SMILES string of the molecule is CCCNC(c1ccc(-c2ccc(F)cc2I)s1)C(C)C. The molecule has 1 atom stereocenters. The first-order valence-corrected chi connectivity index (χ1v) is 9.21. The van der Waals surface area contributed by atoms with E-state index >= 15 is 0 Å². The largest absolute Gasteiger partial charge is 0.309 e. The van der Waals surface area contributed by atoms with Gasteiger partial charge in [-0.3, -0.25) is 0 Å². The lowest BCUT2D eigenvalue weighted by atomic mass is 10.0. The second-order valence-electron chi connectivity index (χ2n) is 5.50. The first-order valence-electron chi connectivity index (χ1n) is 7.31. The number of hydrogen-bond donors (Lipinski definition) is 1. The Hall–Kier alpha value is -0.460. The molecular weight excluding hydrogens is 396 g/mol. The summed E-state index contributed by atoms with van der Waals surface area (Å²) in [5, 5.41) is 3.62. The molecule has 1 heterocycles. The Morgan fingerprint density at radius 2 is 2.00 bits per heavy atom. The maximum Gasteiger partial charge on any atom is 0.124 e. The fraction of sp³-hybridized carbons (Fsp3) is 0.412. The molecule has 114 valence electrons. The van der Waals surface area contributed by atoms with E-state index in [1.54, 1.807) is 17.4 Å². The highest BCUT2D eigenvalue weighted by atomic mass is 127. The lowest BCUT2D eigenvalue weighted by molar-refractivity contribution is 0.418. The highest BCUT2D eigenvalue weighted by Crippen LogP contribution is 2.36. The van der Waals surface area contributed by atoms with E-state index in [0.717, 1.165) is 22.1 Å². The first-order chi connectivity index (χ1) is 10.0. The van der Waals surface area contributed by atoms with Gasteiger partial charge in [-0.2, -0.15) is 0 Å². The molecule has 0 amide bonds. The quantitative estimate of drug-likeness (QED) is 0.581. The zero-order valence-corrected chi connectivity index (χ0v) is 15.6. The van der Waals surface area contributed by atoms with Crippen LogP contribution < -0.4 is 5.32 Å². The average molecular weight is 417 g/mol.